The van der Waals surface area contributed by atoms with E-state index in [-0.39, 0.29) is 0 Å². The largest absolute Gasteiger partial charge is 0.115 e. The first-order chi connectivity index (χ1) is 6.71. The second-order valence-electron chi connectivity index (χ2n) is 3.28. The molecule has 0 saturated carbocycles. The van der Waals surface area contributed by atoms with Crippen LogP contribution in [-0.4, -0.2) is 0 Å². The Kier molecular flexibility index (Phi) is 6.58. The van der Waals surface area contributed by atoms with Crippen LogP contribution in [0.3, 0.4) is 0 Å². The van der Waals surface area contributed by atoms with E-state index in [0.29, 0.717) is 5.92 Å². The van der Waals surface area contributed by atoms with Gasteiger partial charge in [-0.25, -0.2) is 0 Å². The number of allylic oxidation sites excluding steroid dienone is 5. The Labute approximate surface area is 88.4 Å². The van der Waals surface area contributed by atoms with Gasteiger partial charge in [-0.1, -0.05) is 51.0 Å². The molecular weight excluding hydrogens is 168 g/mol. The van der Waals surface area contributed by atoms with Crippen molar-refractivity contribution in [3.8, 4) is 12.3 Å². The molecule has 76 valence electrons. The van der Waals surface area contributed by atoms with Gasteiger partial charge in [-0.05, 0) is 30.4 Å². The van der Waals surface area contributed by atoms with Gasteiger partial charge in [0, 0.05) is 0 Å². The molecule has 0 amide bonds. The molecule has 0 radical (unpaired) electrons. The molecule has 1 atom stereocenters. The first-order valence-corrected chi connectivity index (χ1v) is 5.18. The molecule has 1 unspecified atom stereocenters. The Hall–Kier alpha value is -1.22. The maximum atomic E-state index is 5.19. The van der Waals surface area contributed by atoms with Crippen molar-refractivity contribution in [2.24, 2.45) is 5.92 Å². The van der Waals surface area contributed by atoms with Crippen LogP contribution < -0.4 is 0 Å². The summed E-state index contributed by atoms with van der Waals surface area (Å²) < 4.78 is 0. The summed E-state index contributed by atoms with van der Waals surface area (Å²) in [4.78, 5) is 0. The fraction of sp³-hybridized carbons (Fsp3) is 0.429. The zero-order valence-corrected chi connectivity index (χ0v) is 9.51. The third-order valence-electron chi connectivity index (χ3n) is 2.45. The lowest BCUT2D eigenvalue weighted by molar-refractivity contribution is 0.788. The van der Waals surface area contributed by atoms with Crippen LogP contribution in [0.25, 0.3) is 0 Å². The molecule has 0 aliphatic heterocycles. The van der Waals surface area contributed by atoms with Crippen LogP contribution in [0, 0.1) is 18.3 Å². The molecule has 0 aliphatic carbocycles. The molecule has 0 spiro atoms. The third-order valence-corrected chi connectivity index (χ3v) is 2.45. The van der Waals surface area contributed by atoms with Crippen LogP contribution in [0.1, 0.15) is 33.6 Å². The van der Waals surface area contributed by atoms with E-state index in [9.17, 15) is 0 Å². The van der Waals surface area contributed by atoms with E-state index in [1.54, 1.807) is 6.08 Å². The van der Waals surface area contributed by atoms with Crippen LogP contribution in [0.2, 0.25) is 0 Å². The minimum absolute atomic E-state index is 0.420. The normalized spacial score (nSPS) is 14.7. The summed E-state index contributed by atoms with van der Waals surface area (Å²) >= 11 is 0. The molecule has 0 nitrogen and oxygen atoms in total. The Morgan fingerprint density at radius 3 is 2.43 bits per heavy atom. The summed E-state index contributed by atoms with van der Waals surface area (Å²) in [7, 11) is 0. The van der Waals surface area contributed by atoms with Crippen molar-refractivity contribution in [2.45, 2.75) is 33.6 Å². The molecule has 0 aromatic heterocycles. The Balaban J connectivity index is 4.87. The molecule has 14 heavy (non-hydrogen) atoms. The smallest absolute Gasteiger partial charge is 0.00365 e. The highest BCUT2D eigenvalue weighted by atomic mass is 14.1. The topological polar surface area (TPSA) is 0 Å². The van der Waals surface area contributed by atoms with E-state index in [1.165, 1.54) is 11.1 Å². The molecule has 0 rings (SSSR count). The highest BCUT2D eigenvalue weighted by molar-refractivity contribution is 5.28. The van der Waals surface area contributed by atoms with Gasteiger partial charge in [-0.2, -0.15) is 0 Å². The number of hydrogen-bond donors (Lipinski definition) is 0. The van der Waals surface area contributed by atoms with Gasteiger partial charge in [0.05, 0.1) is 0 Å². The molecule has 0 N–H and O–H groups in total. The van der Waals surface area contributed by atoms with Gasteiger partial charge in [-0.15, -0.1) is 6.42 Å². The molecule has 0 heteroatoms. The monoisotopic (exact) mass is 188 g/mol. The lowest BCUT2D eigenvalue weighted by Gasteiger charge is -2.14. The van der Waals surface area contributed by atoms with Gasteiger partial charge in [-0.3, -0.25) is 0 Å². The predicted octanol–water partition coefficient (Wildman–Crippen LogP) is 4.11. The van der Waals surface area contributed by atoms with Crippen LogP contribution >= 0.6 is 0 Å². The van der Waals surface area contributed by atoms with E-state index in [4.69, 9.17) is 6.42 Å². The first-order valence-electron chi connectivity index (χ1n) is 5.18. The molecule has 0 bridgehead atoms. The summed E-state index contributed by atoms with van der Waals surface area (Å²) in [6.45, 7) is 10.3. The quantitative estimate of drug-likeness (QED) is 0.450. The third kappa shape index (κ3) is 3.66. The van der Waals surface area contributed by atoms with Gasteiger partial charge < -0.3 is 0 Å². The van der Waals surface area contributed by atoms with Crippen molar-refractivity contribution in [3.63, 3.8) is 0 Å². The zero-order chi connectivity index (χ0) is 11.0. The average molecular weight is 188 g/mol. The minimum Gasteiger partial charge on any atom is -0.115 e. The Morgan fingerprint density at radius 1 is 1.43 bits per heavy atom. The summed E-state index contributed by atoms with van der Waals surface area (Å²) in [5.41, 5.74) is 2.79. The van der Waals surface area contributed by atoms with Gasteiger partial charge >= 0.3 is 0 Å². The summed E-state index contributed by atoms with van der Waals surface area (Å²) in [5.74, 6) is 2.94. The van der Waals surface area contributed by atoms with Gasteiger partial charge in [0.2, 0.25) is 0 Å². The maximum absolute atomic E-state index is 5.19. The van der Waals surface area contributed by atoms with Crippen molar-refractivity contribution in [1.29, 1.82) is 0 Å². The molecule has 0 heterocycles. The average Bonchev–Trinajstić information content (AvgIpc) is 2.22. The number of rotatable bonds is 5. The van der Waals surface area contributed by atoms with Gasteiger partial charge in [0.15, 0.2) is 0 Å². The lowest BCUT2D eigenvalue weighted by Crippen LogP contribution is -1.98. The Morgan fingerprint density at radius 2 is 2.07 bits per heavy atom. The molecular formula is C14H20. The minimum atomic E-state index is 0.420. The van der Waals surface area contributed by atoms with Crippen LogP contribution in [0.15, 0.2) is 36.0 Å². The molecule has 0 saturated heterocycles. The van der Waals surface area contributed by atoms with Gasteiger partial charge in [0.1, 0.15) is 0 Å². The highest BCUT2D eigenvalue weighted by Gasteiger charge is 2.06. The van der Waals surface area contributed by atoms with E-state index in [0.717, 1.165) is 12.8 Å². The van der Waals surface area contributed by atoms with Gasteiger partial charge in [0.25, 0.3) is 0 Å². The number of hydrogen-bond acceptors (Lipinski definition) is 0. The summed E-state index contributed by atoms with van der Waals surface area (Å²) in [6.07, 6.45) is 13.1. The van der Waals surface area contributed by atoms with Crippen LogP contribution in [0.5, 0.6) is 0 Å². The molecule has 0 aromatic carbocycles. The predicted molar refractivity (Wildman–Crippen MR) is 64.9 cm³/mol. The maximum Gasteiger partial charge on any atom is -0.00365 e. The van der Waals surface area contributed by atoms with E-state index >= 15 is 0 Å². The van der Waals surface area contributed by atoms with Crippen molar-refractivity contribution in [1.82, 2.24) is 0 Å². The van der Waals surface area contributed by atoms with E-state index in [1.807, 2.05) is 6.08 Å². The SMILES string of the molecule is C#CC=CC(C)C(CC)=C(C=C)CC. The first kappa shape index (κ1) is 12.8. The summed E-state index contributed by atoms with van der Waals surface area (Å²) in [6, 6.07) is 0. The van der Waals surface area contributed by atoms with Crippen molar-refractivity contribution < 1.29 is 0 Å². The van der Waals surface area contributed by atoms with E-state index < -0.39 is 0 Å². The fourth-order valence-electron chi connectivity index (χ4n) is 1.66. The summed E-state index contributed by atoms with van der Waals surface area (Å²) in [5, 5.41) is 0. The Bertz CT molecular complexity index is 271. The van der Waals surface area contributed by atoms with Crippen molar-refractivity contribution in [3.05, 3.63) is 36.0 Å². The highest BCUT2D eigenvalue weighted by Crippen LogP contribution is 2.22. The number of terminal acetylenes is 1. The van der Waals surface area contributed by atoms with Crippen LogP contribution in [0.4, 0.5) is 0 Å². The van der Waals surface area contributed by atoms with Crippen molar-refractivity contribution in [2.75, 3.05) is 0 Å². The van der Waals surface area contributed by atoms with Crippen LogP contribution in [-0.2, 0) is 0 Å². The molecule has 0 aliphatic rings. The zero-order valence-electron chi connectivity index (χ0n) is 9.51. The van der Waals surface area contributed by atoms with E-state index in [2.05, 4.69) is 39.3 Å². The second kappa shape index (κ2) is 7.21. The standard InChI is InChI=1S/C14H20/c1-6-10-11-12(5)14(9-4)13(7-2)8-3/h1,7,10-12H,2,8-9H2,3-5H3. The molecule has 0 aromatic rings. The fourth-order valence-corrected chi connectivity index (χ4v) is 1.66. The lowest BCUT2D eigenvalue weighted by atomic mass is 9.92. The molecule has 0 fully saturated rings. The van der Waals surface area contributed by atoms with Crippen molar-refractivity contribution >= 4 is 0 Å². The second-order valence-corrected chi connectivity index (χ2v) is 3.28.